The summed E-state index contributed by atoms with van der Waals surface area (Å²) in [5.74, 6) is -1.23. The molecule has 2 N–H and O–H groups in total. The van der Waals surface area contributed by atoms with E-state index in [0.29, 0.717) is 6.54 Å². The average molecular weight is 282 g/mol. The summed E-state index contributed by atoms with van der Waals surface area (Å²) in [6.07, 6.45) is 0. The summed E-state index contributed by atoms with van der Waals surface area (Å²) in [7, 11) is 1.44. The summed E-state index contributed by atoms with van der Waals surface area (Å²) < 4.78 is 0. The van der Waals surface area contributed by atoms with Crippen LogP contribution >= 0.6 is 0 Å². The third-order valence-electron chi connectivity index (χ3n) is 3.30. The molecule has 0 spiro atoms. The van der Waals surface area contributed by atoms with Crippen molar-refractivity contribution >= 4 is 11.8 Å². The molecule has 2 aromatic carbocycles. The van der Waals surface area contributed by atoms with Crippen LogP contribution in [0.2, 0.25) is 0 Å². The van der Waals surface area contributed by atoms with Crippen LogP contribution in [-0.2, 0) is 9.59 Å². The van der Waals surface area contributed by atoms with Gasteiger partial charge >= 0.3 is 11.8 Å². The topological polar surface area (TPSA) is 58.2 Å². The minimum atomic E-state index is -0.630. The molecular formula is C17H18N2O2. The predicted octanol–water partition coefficient (Wildman–Crippen LogP) is 1.68. The highest BCUT2D eigenvalue weighted by Gasteiger charge is 2.17. The normalized spacial score (nSPS) is 10.2. The Labute approximate surface area is 124 Å². The monoisotopic (exact) mass is 282 g/mol. The molecule has 0 atom stereocenters. The van der Waals surface area contributed by atoms with E-state index in [4.69, 9.17) is 0 Å². The number of hydrogen-bond acceptors (Lipinski definition) is 2. The maximum atomic E-state index is 11.6. The Morgan fingerprint density at radius 2 is 1.33 bits per heavy atom. The van der Waals surface area contributed by atoms with Gasteiger partial charge in [0.2, 0.25) is 0 Å². The van der Waals surface area contributed by atoms with Gasteiger partial charge in [0.25, 0.3) is 0 Å². The van der Waals surface area contributed by atoms with Gasteiger partial charge in [-0.1, -0.05) is 60.7 Å². The van der Waals surface area contributed by atoms with E-state index in [-0.39, 0.29) is 5.92 Å². The Kier molecular flexibility index (Phi) is 5.10. The molecule has 2 aromatic rings. The molecule has 0 saturated carbocycles. The van der Waals surface area contributed by atoms with E-state index in [1.54, 1.807) is 0 Å². The van der Waals surface area contributed by atoms with Crippen LogP contribution < -0.4 is 10.6 Å². The average Bonchev–Trinajstić information content (AvgIpc) is 2.56. The highest BCUT2D eigenvalue weighted by Crippen LogP contribution is 2.23. The molecule has 21 heavy (non-hydrogen) atoms. The standard InChI is InChI=1S/C17H18N2O2/c1-18-16(20)17(21)19-12-15(13-8-4-2-5-9-13)14-10-6-3-7-11-14/h2-11,15H,12H2,1H3,(H,18,20)(H,19,21). The number of likely N-dealkylation sites (N-methyl/N-ethyl adjacent to an activating group) is 1. The molecule has 0 aliphatic rings. The minimum Gasteiger partial charge on any atom is -0.351 e. The minimum absolute atomic E-state index is 0.0148. The first-order chi connectivity index (χ1) is 10.2. The third kappa shape index (κ3) is 3.92. The van der Waals surface area contributed by atoms with Crippen molar-refractivity contribution in [1.82, 2.24) is 10.6 Å². The zero-order valence-corrected chi connectivity index (χ0v) is 11.9. The molecule has 2 amide bonds. The van der Waals surface area contributed by atoms with Crippen molar-refractivity contribution in [2.45, 2.75) is 5.92 Å². The van der Waals surface area contributed by atoms with Crippen molar-refractivity contribution in [3.63, 3.8) is 0 Å². The lowest BCUT2D eigenvalue weighted by atomic mass is 9.91. The molecule has 2 rings (SSSR count). The third-order valence-corrected chi connectivity index (χ3v) is 3.30. The van der Waals surface area contributed by atoms with Crippen molar-refractivity contribution < 1.29 is 9.59 Å². The van der Waals surface area contributed by atoms with Crippen LogP contribution in [0.25, 0.3) is 0 Å². The van der Waals surface area contributed by atoms with Gasteiger partial charge in [0, 0.05) is 19.5 Å². The second-order valence-electron chi connectivity index (χ2n) is 4.66. The molecule has 108 valence electrons. The SMILES string of the molecule is CNC(=O)C(=O)NCC(c1ccccc1)c1ccccc1. The lowest BCUT2D eigenvalue weighted by Gasteiger charge is -2.18. The Bertz CT molecular complexity index is 557. The maximum Gasteiger partial charge on any atom is 0.309 e. The van der Waals surface area contributed by atoms with E-state index in [9.17, 15) is 9.59 Å². The second-order valence-corrected chi connectivity index (χ2v) is 4.66. The van der Waals surface area contributed by atoms with Crippen LogP contribution in [0.4, 0.5) is 0 Å². The second kappa shape index (κ2) is 7.24. The van der Waals surface area contributed by atoms with Gasteiger partial charge in [0.15, 0.2) is 0 Å². The Hall–Kier alpha value is -2.62. The van der Waals surface area contributed by atoms with Crippen molar-refractivity contribution in [2.24, 2.45) is 0 Å². The molecule has 4 nitrogen and oxygen atoms in total. The summed E-state index contributed by atoms with van der Waals surface area (Å²) in [5, 5.41) is 5.00. The molecule has 0 aliphatic heterocycles. The van der Waals surface area contributed by atoms with Gasteiger partial charge < -0.3 is 10.6 Å². The van der Waals surface area contributed by atoms with Crippen LogP contribution in [0, 0.1) is 0 Å². The number of carbonyl (C=O) groups is 2. The summed E-state index contributed by atoms with van der Waals surface area (Å²) >= 11 is 0. The van der Waals surface area contributed by atoms with Gasteiger partial charge in [-0.25, -0.2) is 0 Å². The lowest BCUT2D eigenvalue weighted by Crippen LogP contribution is -2.40. The molecule has 0 aromatic heterocycles. The fraction of sp³-hybridized carbons (Fsp3) is 0.176. The van der Waals surface area contributed by atoms with Crippen molar-refractivity contribution in [3.05, 3.63) is 71.8 Å². The Morgan fingerprint density at radius 3 is 1.76 bits per heavy atom. The molecule has 0 saturated heterocycles. The fourth-order valence-electron chi connectivity index (χ4n) is 2.19. The van der Waals surface area contributed by atoms with Crippen LogP contribution in [0.3, 0.4) is 0 Å². The largest absolute Gasteiger partial charge is 0.351 e. The number of hydrogen-bond donors (Lipinski definition) is 2. The Balaban J connectivity index is 2.18. The van der Waals surface area contributed by atoms with Gasteiger partial charge in [-0.15, -0.1) is 0 Å². The van der Waals surface area contributed by atoms with Crippen molar-refractivity contribution in [3.8, 4) is 0 Å². The predicted molar refractivity (Wildman–Crippen MR) is 81.8 cm³/mol. The van der Waals surface area contributed by atoms with E-state index in [0.717, 1.165) is 11.1 Å². The first-order valence-corrected chi connectivity index (χ1v) is 6.82. The van der Waals surface area contributed by atoms with E-state index >= 15 is 0 Å². The van der Waals surface area contributed by atoms with Crippen molar-refractivity contribution in [1.29, 1.82) is 0 Å². The fourth-order valence-corrected chi connectivity index (χ4v) is 2.19. The van der Waals surface area contributed by atoms with E-state index in [1.807, 2.05) is 60.7 Å². The summed E-state index contributed by atoms with van der Waals surface area (Å²) in [4.78, 5) is 22.9. The van der Waals surface area contributed by atoms with Gasteiger partial charge in [-0.2, -0.15) is 0 Å². The number of rotatable bonds is 4. The molecule has 4 heteroatoms. The molecule has 0 fully saturated rings. The quantitative estimate of drug-likeness (QED) is 0.838. The van der Waals surface area contributed by atoms with Crippen LogP contribution in [0.1, 0.15) is 17.0 Å². The Morgan fingerprint density at radius 1 is 0.857 bits per heavy atom. The van der Waals surface area contributed by atoms with Crippen LogP contribution in [0.15, 0.2) is 60.7 Å². The van der Waals surface area contributed by atoms with E-state index in [2.05, 4.69) is 10.6 Å². The number of amides is 2. The van der Waals surface area contributed by atoms with E-state index in [1.165, 1.54) is 7.05 Å². The molecule has 0 aliphatic carbocycles. The maximum absolute atomic E-state index is 11.6. The first-order valence-electron chi connectivity index (χ1n) is 6.82. The molecular weight excluding hydrogens is 264 g/mol. The highest BCUT2D eigenvalue weighted by molar-refractivity contribution is 6.35. The first kappa shape index (κ1) is 14.8. The zero-order chi connectivity index (χ0) is 15.1. The van der Waals surface area contributed by atoms with Crippen LogP contribution in [0.5, 0.6) is 0 Å². The van der Waals surface area contributed by atoms with Crippen molar-refractivity contribution in [2.75, 3.05) is 13.6 Å². The van der Waals surface area contributed by atoms with Gasteiger partial charge in [0.05, 0.1) is 0 Å². The smallest absolute Gasteiger partial charge is 0.309 e. The summed E-state index contributed by atoms with van der Waals surface area (Å²) in [6.45, 7) is 0.375. The number of benzene rings is 2. The highest BCUT2D eigenvalue weighted by atomic mass is 16.2. The zero-order valence-electron chi connectivity index (χ0n) is 11.9. The van der Waals surface area contributed by atoms with Gasteiger partial charge in [0.1, 0.15) is 0 Å². The molecule has 0 radical (unpaired) electrons. The number of carbonyl (C=O) groups excluding carboxylic acids is 2. The molecule has 0 bridgehead atoms. The lowest BCUT2D eigenvalue weighted by molar-refractivity contribution is -0.138. The van der Waals surface area contributed by atoms with Gasteiger partial charge in [-0.3, -0.25) is 9.59 Å². The molecule has 0 heterocycles. The summed E-state index contributed by atoms with van der Waals surface area (Å²) in [6, 6.07) is 19.8. The molecule has 0 unspecified atom stereocenters. The van der Waals surface area contributed by atoms with Crippen LogP contribution in [-0.4, -0.2) is 25.4 Å². The number of nitrogens with one attached hydrogen (secondary N) is 2. The summed E-state index contributed by atoms with van der Waals surface area (Å²) in [5.41, 5.74) is 2.20. The van der Waals surface area contributed by atoms with Gasteiger partial charge in [-0.05, 0) is 11.1 Å². The van der Waals surface area contributed by atoms with E-state index < -0.39 is 11.8 Å².